The van der Waals surface area contributed by atoms with Gasteiger partial charge in [-0.2, -0.15) is 0 Å². The first kappa shape index (κ1) is 15.8. The van der Waals surface area contributed by atoms with Crippen molar-refractivity contribution in [2.24, 2.45) is 11.7 Å². The number of amides is 2. The monoisotopic (exact) mass is 316 g/mol. The molecule has 5 nitrogen and oxygen atoms in total. The molecule has 2 N–H and O–H groups in total. The number of hydrogen-bond acceptors (Lipinski definition) is 3. The zero-order valence-corrected chi connectivity index (χ0v) is 13.4. The molecular weight excluding hydrogens is 292 g/mol. The molecule has 0 aromatic heterocycles. The van der Waals surface area contributed by atoms with Crippen LogP contribution in [-0.4, -0.2) is 36.6 Å². The van der Waals surface area contributed by atoms with Gasteiger partial charge in [0, 0.05) is 19.0 Å². The molecule has 0 spiro atoms. The van der Waals surface area contributed by atoms with E-state index in [9.17, 15) is 9.59 Å². The molecule has 1 aliphatic carbocycles. The number of nitrogens with zero attached hydrogens (tertiary/aromatic N) is 1. The first-order chi connectivity index (χ1) is 11.1. The first-order valence-electron chi connectivity index (χ1n) is 8.44. The molecule has 1 aliphatic heterocycles. The Morgan fingerprint density at radius 1 is 1.22 bits per heavy atom. The Kier molecular flexibility index (Phi) is 4.84. The van der Waals surface area contributed by atoms with Gasteiger partial charge in [-0.15, -0.1) is 0 Å². The number of carbonyl (C=O) groups excluding carboxylic acids is 2. The summed E-state index contributed by atoms with van der Waals surface area (Å²) < 4.78 is 5.59. The van der Waals surface area contributed by atoms with Crippen LogP contribution in [0.4, 0.5) is 4.79 Å². The molecule has 2 amide bonds. The van der Waals surface area contributed by atoms with E-state index < -0.39 is 6.03 Å². The van der Waals surface area contributed by atoms with Crippen molar-refractivity contribution in [3.05, 3.63) is 35.4 Å². The van der Waals surface area contributed by atoms with Crippen LogP contribution in [-0.2, 0) is 16.0 Å². The maximum Gasteiger partial charge on any atom is 0.314 e. The van der Waals surface area contributed by atoms with Crippen LogP contribution < -0.4 is 5.73 Å². The second-order valence-electron chi connectivity index (χ2n) is 6.54. The number of piperidine rings is 1. The minimum atomic E-state index is -0.455. The molecule has 1 aromatic carbocycles. The maximum atomic E-state index is 12.3. The van der Waals surface area contributed by atoms with Crippen LogP contribution in [0, 0.1) is 5.92 Å². The number of urea groups is 1. The summed E-state index contributed by atoms with van der Waals surface area (Å²) in [6.07, 6.45) is 4.87. The van der Waals surface area contributed by atoms with Crippen LogP contribution in [0.25, 0.3) is 0 Å². The van der Waals surface area contributed by atoms with Crippen molar-refractivity contribution < 1.29 is 14.3 Å². The fourth-order valence-corrected chi connectivity index (χ4v) is 3.70. The van der Waals surface area contributed by atoms with E-state index in [1.165, 1.54) is 16.0 Å². The first-order valence-corrected chi connectivity index (χ1v) is 8.44. The Balaban J connectivity index is 1.56. The lowest BCUT2D eigenvalue weighted by Crippen LogP contribution is -2.45. The lowest BCUT2D eigenvalue weighted by molar-refractivity contribution is -0.150. The van der Waals surface area contributed by atoms with Gasteiger partial charge in [-0.05, 0) is 43.2 Å². The van der Waals surface area contributed by atoms with Crippen LogP contribution in [0.1, 0.15) is 42.7 Å². The van der Waals surface area contributed by atoms with E-state index in [1.807, 2.05) is 6.07 Å². The molecule has 5 heteroatoms. The van der Waals surface area contributed by atoms with Gasteiger partial charge >= 0.3 is 12.0 Å². The van der Waals surface area contributed by atoms with E-state index in [-0.39, 0.29) is 11.9 Å². The molecule has 1 aromatic rings. The van der Waals surface area contributed by atoms with Crippen LogP contribution in [0.15, 0.2) is 24.3 Å². The van der Waals surface area contributed by atoms with E-state index in [0.717, 1.165) is 32.1 Å². The number of nitrogens with two attached hydrogens (primary N) is 1. The largest absolute Gasteiger partial charge is 0.465 e. The molecule has 1 fully saturated rings. The highest BCUT2D eigenvalue weighted by molar-refractivity contribution is 5.76. The van der Waals surface area contributed by atoms with Crippen LogP contribution in [0.5, 0.6) is 0 Å². The number of carbonyl (C=O) groups is 2. The zero-order chi connectivity index (χ0) is 16.2. The lowest BCUT2D eigenvalue weighted by Gasteiger charge is -2.31. The third-order valence-corrected chi connectivity index (χ3v) is 4.99. The summed E-state index contributed by atoms with van der Waals surface area (Å²) in [4.78, 5) is 25.1. The van der Waals surface area contributed by atoms with E-state index in [1.54, 1.807) is 0 Å². The van der Waals surface area contributed by atoms with Crippen LogP contribution in [0.2, 0.25) is 0 Å². The summed E-state index contributed by atoms with van der Waals surface area (Å²) in [5.41, 5.74) is 7.99. The van der Waals surface area contributed by atoms with Crippen LogP contribution >= 0.6 is 0 Å². The van der Waals surface area contributed by atoms with Gasteiger partial charge in [-0.3, -0.25) is 4.79 Å². The topological polar surface area (TPSA) is 72.6 Å². The van der Waals surface area contributed by atoms with Gasteiger partial charge in [0.15, 0.2) is 0 Å². The van der Waals surface area contributed by atoms with Gasteiger partial charge in [0.25, 0.3) is 0 Å². The normalized spacial score (nSPS) is 23.9. The standard InChI is InChI=1S/C18H24N2O3/c19-18(22)20-10-4-8-14(11-20)17(21)23-12-15-7-3-6-13-5-1-2-9-16(13)15/h1-2,5,9,14-15H,3-4,6-8,10-12H2,(H2,19,22)/t14-,15-/m0/s1. The average Bonchev–Trinajstić information content (AvgIpc) is 2.59. The maximum absolute atomic E-state index is 12.3. The third kappa shape index (κ3) is 3.66. The quantitative estimate of drug-likeness (QED) is 0.871. The summed E-state index contributed by atoms with van der Waals surface area (Å²) >= 11 is 0. The Bertz CT molecular complexity index is 587. The molecular formula is C18H24N2O3. The van der Waals surface area contributed by atoms with E-state index in [4.69, 9.17) is 10.5 Å². The fraction of sp³-hybridized carbons (Fsp3) is 0.556. The van der Waals surface area contributed by atoms with Gasteiger partial charge < -0.3 is 15.4 Å². The van der Waals surface area contributed by atoms with Crippen LogP contribution in [0.3, 0.4) is 0 Å². The fourth-order valence-electron chi connectivity index (χ4n) is 3.70. The van der Waals surface area contributed by atoms with E-state index >= 15 is 0 Å². The van der Waals surface area contributed by atoms with Crippen molar-refractivity contribution in [3.63, 3.8) is 0 Å². The number of primary amides is 1. The number of rotatable bonds is 3. The van der Waals surface area contributed by atoms with Gasteiger partial charge in [0.05, 0.1) is 12.5 Å². The van der Waals surface area contributed by atoms with E-state index in [2.05, 4.69) is 18.2 Å². The van der Waals surface area contributed by atoms with Crippen molar-refractivity contribution in [1.82, 2.24) is 4.90 Å². The molecule has 124 valence electrons. The summed E-state index contributed by atoms with van der Waals surface area (Å²) in [5.74, 6) is -0.145. The number of benzene rings is 1. The van der Waals surface area contributed by atoms with Crippen molar-refractivity contribution in [1.29, 1.82) is 0 Å². The predicted octanol–water partition coefficient (Wildman–Crippen LogP) is 2.44. The summed E-state index contributed by atoms with van der Waals surface area (Å²) in [6, 6.07) is 7.96. The van der Waals surface area contributed by atoms with Gasteiger partial charge in [-0.1, -0.05) is 24.3 Å². The Morgan fingerprint density at radius 2 is 2.04 bits per heavy atom. The molecule has 0 bridgehead atoms. The molecule has 1 saturated heterocycles. The minimum Gasteiger partial charge on any atom is -0.465 e. The Morgan fingerprint density at radius 3 is 2.87 bits per heavy atom. The van der Waals surface area contributed by atoms with Crippen molar-refractivity contribution in [3.8, 4) is 0 Å². The number of fused-ring (bicyclic) bond motifs is 1. The zero-order valence-electron chi connectivity index (χ0n) is 13.4. The molecule has 0 saturated carbocycles. The Labute approximate surface area is 136 Å². The highest BCUT2D eigenvalue weighted by atomic mass is 16.5. The molecule has 0 radical (unpaired) electrons. The molecule has 2 aliphatic rings. The summed E-state index contributed by atoms with van der Waals surface area (Å²) in [7, 11) is 0. The number of hydrogen-bond donors (Lipinski definition) is 1. The van der Waals surface area contributed by atoms with Gasteiger partial charge in [0.1, 0.15) is 0 Å². The number of esters is 1. The lowest BCUT2D eigenvalue weighted by atomic mass is 9.83. The predicted molar refractivity (Wildman–Crippen MR) is 87.0 cm³/mol. The van der Waals surface area contributed by atoms with Gasteiger partial charge in [0.2, 0.25) is 0 Å². The van der Waals surface area contributed by atoms with Crippen molar-refractivity contribution in [2.45, 2.75) is 38.0 Å². The molecule has 0 unspecified atom stereocenters. The van der Waals surface area contributed by atoms with E-state index in [0.29, 0.717) is 25.6 Å². The third-order valence-electron chi connectivity index (χ3n) is 4.99. The number of likely N-dealkylation sites (tertiary alicyclic amines) is 1. The average molecular weight is 316 g/mol. The molecule has 1 heterocycles. The second kappa shape index (κ2) is 7.02. The summed E-state index contributed by atoms with van der Waals surface area (Å²) in [6.45, 7) is 1.45. The van der Waals surface area contributed by atoms with Crippen molar-refractivity contribution >= 4 is 12.0 Å². The van der Waals surface area contributed by atoms with Crippen molar-refractivity contribution in [2.75, 3.05) is 19.7 Å². The highest BCUT2D eigenvalue weighted by Crippen LogP contribution is 2.32. The highest BCUT2D eigenvalue weighted by Gasteiger charge is 2.29. The van der Waals surface area contributed by atoms with Gasteiger partial charge in [-0.25, -0.2) is 4.79 Å². The molecule has 3 rings (SSSR count). The molecule has 2 atom stereocenters. The second-order valence-corrected chi connectivity index (χ2v) is 6.54. The molecule has 23 heavy (non-hydrogen) atoms. The number of aryl methyl sites for hydroxylation is 1. The summed E-state index contributed by atoms with van der Waals surface area (Å²) in [5, 5.41) is 0. The Hall–Kier alpha value is -2.04. The SMILES string of the molecule is NC(=O)N1CCC[C@H](C(=O)OC[C@@H]2CCCc3ccccc32)C1. The minimum absolute atomic E-state index is 0.195. The number of ether oxygens (including phenoxy) is 1. The smallest absolute Gasteiger partial charge is 0.314 e.